The summed E-state index contributed by atoms with van der Waals surface area (Å²) in [5, 5.41) is 9.43. The average molecular weight is 411 g/mol. The lowest BCUT2D eigenvalue weighted by atomic mass is 9.72. The molecule has 0 amide bonds. The molecule has 2 nitrogen and oxygen atoms in total. The topological polar surface area (TPSA) is 37.3 Å². The first-order chi connectivity index (χ1) is 14.0. The van der Waals surface area contributed by atoms with Crippen LogP contribution in [0.25, 0.3) is 0 Å². The number of alkyl halides is 2. The molecule has 1 saturated carbocycles. The molecule has 0 radical (unpaired) electrons. The number of hydrogen-bond acceptors (Lipinski definition) is 1. The summed E-state index contributed by atoms with van der Waals surface area (Å²) in [5.41, 5.74) is -0.257. The van der Waals surface area contributed by atoms with Crippen LogP contribution in [0.2, 0.25) is 0 Å². The van der Waals surface area contributed by atoms with Crippen molar-refractivity contribution >= 4 is 5.97 Å². The van der Waals surface area contributed by atoms with Gasteiger partial charge in [0.15, 0.2) is 0 Å². The smallest absolute Gasteiger partial charge is 0.314 e. The molecule has 0 aromatic rings. The first kappa shape index (κ1) is 24.1. The van der Waals surface area contributed by atoms with Crippen LogP contribution in [0.4, 0.5) is 8.78 Å². The molecule has 29 heavy (non-hydrogen) atoms. The number of rotatable bonds is 13. The van der Waals surface area contributed by atoms with Gasteiger partial charge in [0.25, 0.3) is 0 Å². The van der Waals surface area contributed by atoms with Crippen molar-refractivity contribution in [1.29, 1.82) is 0 Å². The third kappa shape index (κ3) is 7.86. The summed E-state index contributed by atoms with van der Waals surface area (Å²) in [6.07, 6.45) is 19.3. The van der Waals surface area contributed by atoms with Crippen LogP contribution in [0.15, 0.2) is 23.8 Å². The third-order valence-electron chi connectivity index (χ3n) is 7.03. The lowest BCUT2D eigenvalue weighted by Gasteiger charge is -2.33. The number of allylic oxidation sites excluding steroid dienone is 3. The molecule has 0 bridgehead atoms. The van der Waals surface area contributed by atoms with Crippen LogP contribution in [0.3, 0.4) is 0 Å². The monoisotopic (exact) mass is 410 g/mol. The number of carbonyl (C=O) groups is 1. The Bertz CT molecular complexity index is 547. The number of carboxylic acid groups (broad SMARTS) is 1. The van der Waals surface area contributed by atoms with E-state index < -0.39 is 24.2 Å². The quantitative estimate of drug-likeness (QED) is 0.313. The minimum Gasteiger partial charge on any atom is -0.481 e. The molecule has 0 aromatic carbocycles. The molecular weight excluding hydrogens is 370 g/mol. The summed E-state index contributed by atoms with van der Waals surface area (Å²) < 4.78 is 25.6. The van der Waals surface area contributed by atoms with Crippen LogP contribution in [-0.4, -0.2) is 17.5 Å². The third-order valence-corrected chi connectivity index (χ3v) is 7.03. The molecule has 1 N–H and O–H groups in total. The highest BCUT2D eigenvalue weighted by atomic mass is 19.3. The minimum absolute atomic E-state index is 0.191. The highest BCUT2D eigenvalue weighted by Gasteiger charge is 2.40. The van der Waals surface area contributed by atoms with E-state index in [4.69, 9.17) is 0 Å². The zero-order chi connectivity index (χ0) is 21.1. The van der Waals surface area contributed by atoms with Crippen molar-refractivity contribution in [2.45, 2.75) is 110 Å². The Morgan fingerprint density at radius 1 is 1.07 bits per heavy atom. The molecular formula is C25H40F2O2. The fraction of sp³-hybridized carbons (Fsp3) is 0.800. The molecule has 1 atom stereocenters. The van der Waals surface area contributed by atoms with Crippen molar-refractivity contribution in [3.63, 3.8) is 0 Å². The SMILES string of the molecule is CCCCCCCCCCC1CCC(C2=CCC(CC(F)F)(C(=O)O)C=C2)CC1. The molecule has 1 unspecified atom stereocenters. The van der Waals surface area contributed by atoms with Gasteiger partial charge in [0, 0.05) is 6.42 Å². The van der Waals surface area contributed by atoms with E-state index in [1.165, 1.54) is 82.3 Å². The number of halogens is 2. The van der Waals surface area contributed by atoms with Gasteiger partial charge in [0.1, 0.15) is 0 Å². The second-order valence-corrected chi connectivity index (χ2v) is 9.28. The van der Waals surface area contributed by atoms with Crippen LogP contribution in [0.5, 0.6) is 0 Å². The largest absolute Gasteiger partial charge is 0.481 e. The van der Waals surface area contributed by atoms with Gasteiger partial charge in [0.2, 0.25) is 6.43 Å². The van der Waals surface area contributed by atoms with E-state index in [1.54, 1.807) is 0 Å². The van der Waals surface area contributed by atoms with Gasteiger partial charge in [-0.1, -0.05) is 82.9 Å². The fourth-order valence-corrected chi connectivity index (χ4v) is 5.02. The Balaban J connectivity index is 1.66. The number of hydrogen-bond donors (Lipinski definition) is 1. The Hall–Kier alpha value is -1.19. The number of unbranched alkanes of at least 4 members (excludes halogenated alkanes) is 7. The van der Waals surface area contributed by atoms with E-state index >= 15 is 0 Å². The molecule has 2 aliphatic carbocycles. The lowest BCUT2D eigenvalue weighted by Crippen LogP contribution is -2.32. The van der Waals surface area contributed by atoms with Crippen LogP contribution < -0.4 is 0 Å². The van der Waals surface area contributed by atoms with Crippen molar-refractivity contribution in [1.82, 2.24) is 0 Å². The summed E-state index contributed by atoms with van der Waals surface area (Å²) in [6.45, 7) is 2.26. The van der Waals surface area contributed by atoms with Crippen LogP contribution >= 0.6 is 0 Å². The van der Waals surface area contributed by atoms with E-state index in [0.717, 1.165) is 18.8 Å². The van der Waals surface area contributed by atoms with Gasteiger partial charge < -0.3 is 5.11 Å². The summed E-state index contributed by atoms with van der Waals surface area (Å²) >= 11 is 0. The molecule has 166 valence electrons. The average Bonchev–Trinajstić information content (AvgIpc) is 2.70. The molecule has 0 aliphatic heterocycles. The molecule has 4 heteroatoms. The Morgan fingerprint density at radius 2 is 1.69 bits per heavy atom. The summed E-state index contributed by atoms with van der Waals surface area (Å²) in [5.74, 6) is 0.161. The van der Waals surface area contributed by atoms with Crippen molar-refractivity contribution in [3.05, 3.63) is 23.8 Å². The van der Waals surface area contributed by atoms with Gasteiger partial charge in [-0.05, 0) is 49.5 Å². The highest BCUT2D eigenvalue weighted by molar-refractivity contribution is 5.78. The zero-order valence-electron chi connectivity index (χ0n) is 18.2. The maximum atomic E-state index is 12.8. The Kier molecular flexibility index (Phi) is 10.4. The molecule has 0 spiro atoms. The van der Waals surface area contributed by atoms with Gasteiger partial charge in [-0.25, -0.2) is 8.78 Å². The minimum atomic E-state index is -2.60. The number of aliphatic carboxylic acids is 1. The van der Waals surface area contributed by atoms with Crippen molar-refractivity contribution in [3.8, 4) is 0 Å². The van der Waals surface area contributed by atoms with E-state index in [9.17, 15) is 18.7 Å². The van der Waals surface area contributed by atoms with E-state index in [-0.39, 0.29) is 6.42 Å². The predicted molar refractivity (Wildman–Crippen MR) is 115 cm³/mol. The van der Waals surface area contributed by atoms with Crippen molar-refractivity contribution < 1.29 is 18.7 Å². The summed E-state index contributed by atoms with van der Waals surface area (Å²) in [6, 6.07) is 0. The fourth-order valence-electron chi connectivity index (χ4n) is 5.02. The molecule has 1 fully saturated rings. The van der Waals surface area contributed by atoms with E-state index in [0.29, 0.717) is 5.92 Å². The maximum Gasteiger partial charge on any atom is 0.314 e. The van der Waals surface area contributed by atoms with E-state index in [1.807, 2.05) is 12.2 Å². The molecule has 2 rings (SSSR count). The van der Waals surface area contributed by atoms with Gasteiger partial charge in [-0.2, -0.15) is 0 Å². The normalized spacial score (nSPS) is 27.2. The molecule has 0 aromatic heterocycles. The summed E-state index contributed by atoms with van der Waals surface area (Å²) in [4.78, 5) is 11.5. The van der Waals surface area contributed by atoms with Crippen LogP contribution in [0, 0.1) is 17.3 Å². The molecule has 2 aliphatic rings. The Morgan fingerprint density at radius 3 is 2.21 bits per heavy atom. The zero-order valence-corrected chi connectivity index (χ0v) is 18.2. The highest BCUT2D eigenvalue weighted by Crippen LogP contribution is 2.41. The first-order valence-electron chi connectivity index (χ1n) is 11.9. The molecule has 0 saturated heterocycles. The number of carboxylic acids is 1. The molecule has 0 heterocycles. The van der Waals surface area contributed by atoms with Crippen LogP contribution in [-0.2, 0) is 4.79 Å². The van der Waals surface area contributed by atoms with Gasteiger partial charge in [-0.15, -0.1) is 0 Å². The second-order valence-electron chi connectivity index (χ2n) is 9.28. The Labute approximate surface area is 175 Å². The predicted octanol–water partition coefficient (Wildman–Crippen LogP) is 7.94. The van der Waals surface area contributed by atoms with Crippen LogP contribution in [0.1, 0.15) is 103 Å². The first-order valence-corrected chi connectivity index (χ1v) is 11.9. The van der Waals surface area contributed by atoms with Gasteiger partial charge in [0.05, 0.1) is 5.41 Å². The van der Waals surface area contributed by atoms with Crippen molar-refractivity contribution in [2.24, 2.45) is 17.3 Å². The lowest BCUT2D eigenvalue weighted by molar-refractivity contribution is -0.148. The van der Waals surface area contributed by atoms with Crippen molar-refractivity contribution in [2.75, 3.05) is 0 Å². The van der Waals surface area contributed by atoms with Gasteiger partial charge in [-0.3, -0.25) is 4.79 Å². The van der Waals surface area contributed by atoms with Gasteiger partial charge >= 0.3 is 5.97 Å². The standard InChI is InChI=1S/C25H40F2O2/c1-2-3-4-5-6-7-8-9-10-20-11-13-21(14-12-20)22-15-17-25(18-16-22,24(28)29)19-23(26)27/h15-17,20-21,23H,2-14,18-19H2,1H3,(H,28,29). The van der Waals surface area contributed by atoms with E-state index in [2.05, 4.69) is 6.92 Å². The second kappa shape index (κ2) is 12.5. The summed E-state index contributed by atoms with van der Waals surface area (Å²) in [7, 11) is 0. The maximum absolute atomic E-state index is 12.8.